The van der Waals surface area contributed by atoms with Crippen molar-refractivity contribution < 1.29 is 4.74 Å². The van der Waals surface area contributed by atoms with Crippen molar-refractivity contribution in [3.63, 3.8) is 0 Å². The third kappa shape index (κ3) is 1.69. The van der Waals surface area contributed by atoms with Crippen molar-refractivity contribution >= 4 is 20.2 Å². The maximum atomic E-state index is 5.00. The van der Waals surface area contributed by atoms with E-state index in [0.717, 1.165) is 10.2 Å². The molecule has 2 heteroatoms. The Kier molecular flexibility index (Phi) is 2.67. The van der Waals surface area contributed by atoms with E-state index in [0.29, 0.717) is 0 Å². The summed E-state index contributed by atoms with van der Waals surface area (Å²) in [7, 11) is 1.65. The number of benzene rings is 1. The molecule has 1 rings (SSSR count). The average molecular weight is 199 g/mol. The number of hydrogen-bond acceptors (Lipinski definition) is 1. The van der Waals surface area contributed by atoms with Gasteiger partial charge in [0, 0.05) is 0 Å². The monoisotopic (exact) mass is 200 g/mol. The summed E-state index contributed by atoms with van der Waals surface area (Å²) in [4.78, 5) is 0. The van der Waals surface area contributed by atoms with Crippen LogP contribution in [0.5, 0.6) is 0 Å². The van der Waals surface area contributed by atoms with E-state index in [-0.39, 0.29) is 0 Å². The van der Waals surface area contributed by atoms with Gasteiger partial charge in [0.1, 0.15) is 0 Å². The summed E-state index contributed by atoms with van der Waals surface area (Å²) in [6.07, 6.45) is 0. The second-order valence-corrected chi connectivity index (χ2v) is 2.64. The van der Waals surface area contributed by atoms with Crippen molar-refractivity contribution in [1.29, 1.82) is 0 Å². The van der Waals surface area contributed by atoms with Crippen LogP contribution >= 0.6 is 0 Å². The Morgan fingerprint density at radius 1 is 1.30 bits per heavy atom. The molecule has 0 spiro atoms. The first-order valence-electron chi connectivity index (χ1n) is 2.98. The molecule has 1 aromatic rings. The minimum absolute atomic E-state index is 0.834. The number of rotatable bonds is 2. The van der Waals surface area contributed by atoms with Crippen molar-refractivity contribution in [3.05, 3.63) is 35.9 Å². The molecule has 0 aliphatic heterocycles. The molecule has 1 aromatic carbocycles. The van der Waals surface area contributed by atoms with Gasteiger partial charge < -0.3 is 0 Å². The van der Waals surface area contributed by atoms with Gasteiger partial charge in [-0.1, -0.05) is 0 Å². The molecule has 10 heavy (non-hydrogen) atoms. The van der Waals surface area contributed by atoms with E-state index in [4.69, 9.17) is 4.74 Å². The van der Waals surface area contributed by atoms with E-state index in [1.54, 1.807) is 7.11 Å². The fourth-order valence-electron chi connectivity index (χ4n) is 0.692. The number of methoxy groups -OCH3 is 1. The molecular formula is C8H8OSe. The molecule has 0 N–H and O–H groups in total. The third-order valence-electron chi connectivity index (χ3n) is 1.19. The Bertz CT molecular complexity index is 218. The topological polar surface area (TPSA) is 9.23 Å². The van der Waals surface area contributed by atoms with Gasteiger partial charge >= 0.3 is 67.9 Å². The van der Waals surface area contributed by atoms with Crippen molar-refractivity contribution in [3.8, 4) is 0 Å². The summed E-state index contributed by atoms with van der Waals surface area (Å²) in [6.45, 7) is 0. The van der Waals surface area contributed by atoms with Crippen molar-refractivity contribution in [1.82, 2.24) is 0 Å². The summed E-state index contributed by atoms with van der Waals surface area (Å²) >= 11 is 2.84. The fraction of sp³-hybridized carbons (Fsp3) is 0.125. The first kappa shape index (κ1) is 7.52. The predicted molar refractivity (Wildman–Crippen MR) is 43.3 cm³/mol. The van der Waals surface area contributed by atoms with E-state index in [9.17, 15) is 0 Å². The number of ether oxygens (including phenoxy) is 1. The second-order valence-electron chi connectivity index (χ2n) is 1.86. The van der Waals surface area contributed by atoms with Gasteiger partial charge in [-0.05, 0) is 0 Å². The molecule has 0 fully saturated rings. The SMILES string of the molecule is COC(=[Se])c1ccccc1. The Hall–Kier alpha value is -0.591. The summed E-state index contributed by atoms with van der Waals surface area (Å²) < 4.78 is 5.83. The van der Waals surface area contributed by atoms with Crippen LogP contribution < -0.4 is 0 Å². The van der Waals surface area contributed by atoms with Gasteiger partial charge in [-0.3, -0.25) is 0 Å². The molecule has 0 aromatic heterocycles. The van der Waals surface area contributed by atoms with Crippen LogP contribution in [0.15, 0.2) is 30.3 Å². The summed E-state index contributed by atoms with van der Waals surface area (Å²) in [6, 6.07) is 9.93. The molecule has 52 valence electrons. The van der Waals surface area contributed by atoms with Crippen LogP contribution in [0.1, 0.15) is 5.56 Å². The van der Waals surface area contributed by atoms with Gasteiger partial charge in [0.25, 0.3) is 0 Å². The van der Waals surface area contributed by atoms with Crippen LogP contribution in [0.4, 0.5) is 0 Å². The minimum atomic E-state index is 0.834. The van der Waals surface area contributed by atoms with E-state index >= 15 is 0 Å². The van der Waals surface area contributed by atoms with Gasteiger partial charge in [0.05, 0.1) is 0 Å². The maximum absolute atomic E-state index is 5.00. The zero-order valence-corrected chi connectivity index (χ0v) is 7.42. The zero-order chi connectivity index (χ0) is 7.40. The van der Waals surface area contributed by atoms with Crippen molar-refractivity contribution in [2.45, 2.75) is 0 Å². The summed E-state index contributed by atoms with van der Waals surface area (Å²) in [5, 5.41) is 0. The van der Waals surface area contributed by atoms with Crippen LogP contribution in [0.2, 0.25) is 0 Å². The summed E-state index contributed by atoms with van der Waals surface area (Å²) in [5.74, 6) is 0. The Morgan fingerprint density at radius 2 is 1.90 bits per heavy atom. The fourth-order valence-corrected chi connectivity index (χ4v) is 0.978. The standard InChI is InChI=1S/C8H8OSe/c1-9-8(10)7-5-3-2-4-6-7/h2-6H,1H3. The van der Waals surface area contributed by atoms with Gasteiger partial charge in [-0.25, -0.2) is 0 Å². The molecular weight excluding hydrogens is 191 g/mol. The predicted octanol–water partition coefficient (Wildman–Crippen LogP) is 0.980. The molecule has 0 radical (unpaired) electrons. The van der Waals surface area contributed by atoms with E-state index < -0.39 is 0 Å². The molecule has 1 nitrogen and oxygen atoms in total. The molecule has 0 atom stereocenters. The molecule has 0 aliphatic rings. The van der Waals surface area contributed by atoms with Crippen molar-refractivity contribution in [2.24, 2.45) is 0 Å². The van der Waals surface area contributed by atoms with Crippen molar-refractivity contribution in [2.75, 3.05) is 7.11 Å². The third-order valence-corrected chi connectivity index (χ3v) is 2.04. The first-order valence-corrected chi connectivity index (χ1v) is 3.83. The molecule has 0 aliphatic carbocycles. The van der Waals surface area contributed by atoms with Crippen LogP contribution in [0.3, 0.4) is 0 Å². The molecule has 0 amide bonds. The quantitative estimate of drug-likeness (QED) is 0.645. The zero-order valence-electron chi connectivity index (χ0n) is 5.70. The Balaban J connectivity index is 2.85. The van der Waals surface area contributed by atoms with Crippen LogP contribution in [0, 0.1) is 0 Å². The van der Waals surface area contributed by atoms with Crippen LogP contribution in [-0.2, 0) is 4.74 Å². The Morgan fingerprint density at radius 3 is 2.40 bits per heavy atom. The molecule has 0 heterocycles. The van der Waals surface area contributed by atoms with E-state index in [1.807, 2.05) is 30.3 Å². The molecule has 0 unspecified atom stereocenters. The van der Waals surface area contributed by atoms with Gasteiger partial charge in [0.2, 0.25) is 0 Å². The van der Waals surface area contributed by atoms with Gasteiger partial charge in [0.15, 0.2) is 0 Å². The summed E-state index contributed by atoms with van der Waals surface area (Å²) in [5.41, 5.74) is 1.09. The first-order chi connectivity index (χ1) is 4.84. The van der Waals surface area contributed by atoms with Gasteiger partial charge in [-0.15, -0.1) is 0 Å². The van der Waals surface area contributed by atoms with E-state index in [2.05, 4.69) is 15.6 Å². The molecule has 0 bridgehead atoms. The average Bonchev–Trinajstić information content (AvgIpc) is 2.05. The Labute approximate surface area is 68.4 Å². The molecule has 0 saturated carbocycles. The van der Waals surface area contributed by atoms with Gasteiger partial charge in [-0.2, -0.15) is 0 Å². The normalized spacial score (nSPS) is 8.90. The molecule has 0 saturated heterocycles. The van der Waals surface area contributed by atoms with Crippen LogP contribution in [0.25, 0.3) is 0 Å². The van der Waals surface area contributed by atoms with E-state index in [1.165, 1.54) is 0 Å². The number of hydrogen-bond donors (Lipinski definition) is 0. The van der Waals surface area contributed by atoms with Crippen LogP contribution in [-0.4, -0.2) is 27.3 Å². The second kappa shape index (κ2) is 3.55.